The molecular weight excluding hydrogens is 302 g/mol. The molecule has 1 aliphatic heterocycles. The van der Waals surface area contributed by atoms with Crippen molar-refractivity contribution in [3.05, 3.63) is 18.5 Å². The Morgan fingerprint density at radius 1 is 1.42 bits per heavy atom. The molecule has 0 aromatic carbocycles. The molecule has 0 spiro atoms. The van der Waals surface area contributed by atoms with Crippen LogP contribution in [0.1, 0.15) is 32.7 Å². The van der Waals surface area contributed by atoms with Gasteiger partial charge in [-0.05, 0) is 45.8 Å². The number of pyridine rings is 1. The maximum atomic E-state index is 12.5. The van der Waals surface area contributed by atoms with Crippen LogP contribution in [-0.2, 0) is 4.79 Å². The third-order valence-electron chi connectivity index (χ3n) is 4.46. The van der Waals surface area contributed by atoms with Crippen LogP contribution in [0.4, 0.5) is 5.69 Å². The summed E-state index contributed by atoms with van der Waals surface area (Å²) in [6.45, 7) is 6.54. The number of hydrogen-bond donors (Lipinski definition) is 1. The van der Waals surface area contributed by atoms with E-state index in [0.717, 1.165) is 42.7 Å². The first-order valence-electron chi connectivity index (χ1n) is 8.38. The van der Waals surface area contributed by atoms with Gasteiger partial charge in [-0.25, -0.2) is 9.67 Å². The van der Waals surface area contributed by atoms with Crippen molar-refractivity contribution < 1.29 is 4.79 Å². The first-order valence-corrected chi connectivity index (χ1v) is 8.38. The molecule has 0 unspecified atom stereocenters. The van der Waals surface area contributed by atoms with Gasteiger partial charge in [0.25, 0.3) is 0 Å². The zero-order valence-electron chi connectivity index (χ0n) is 14.2. The lowest BCUT2D eigenvalue weighted by Crippen LogP contribution is -2.38. The Morgan fingerprint density at radius 2 is 2.17 bits per heavy atom. The maximum Gasteiger partial charge on any atom is 0.227 e. The molecule has 0 bridgehead atoms. The number of hydrogen-bond acceptors (Lipinski definition) is 4. The number of piperidine rings is 1. The van der Waals surface area contributed by atoms with Gasteiger partial charge >= 0.3 is 0 Å². The van der Waals surface area contributed by atoms with Crippen molar-refractivity contribution in [2.45, 2.75) is 32.7 Å². The minimum Gasteiger partial charge on any atom is -0.324 e. The largest absolute Gasteiger partial charge is 0.324 e. The van der Waals surface area contributed by atoms with Gasteiger partial charge in [0, 0.05) is 17.3 Å². The lowest BCUT2D eigenvalue weighted by molar-refractivity contribution is -0.121. The Bertz CT molecular complexity index is 765. The molecule has 2 aromatic rings. The highest BCUT2D eigenvalue weighted by Crippen LogP contribution is 2.22. The third-order valence-corrected chi connectivity index (χ3v) is 4.46. The minimum atomic E-state index is 0.0353. The number of likely N-dealkylation sites (tertiary alicyclic amines) is 1. The average Bonchev–Trinajstić information content (AvgIpc) is 2.99. The third kappa shape index (κ3) is 3.41. The summed E-state index contributed by atoms with van der Waals surface area (Å²) in [5, 5.41) is 8.28. The molecule has 6 nitrogen and oxygen atoms in total. The molecule has 3 rings (SSSR count). The molecule has 1 fully saturated rings. The van der Waals surface area contributed by atoms with E-state index >= 15 is 0 Å². The van der Waals surface area contributed by atoms with Crippen molar-refractivity contribution in [2.75, 3.05) is 25.0 Å². The quantitative estimate of drug-likeness (QED) is 0.876. The number of carbonyl (C=O) groups excluding carboxylic acids is 1. The van der Waals surface area contributed by atoms with Crippen LogP contribution in [0.5, 0.6) is 0 Å². The van der Waals surface area contributed by atoms with Crippen molar-refractivity contribution >= 4 is 22.6 Å². The number of amides is 1. The van der Waals surface area contributed by atoms with Crippen molar-refractivity contribution in [3.8, 4) is 12.3 Å². The van der Waals surface area contributed by atoms with Crippen LogP contribution in [0.25, 0.3) is 11.0 Å². The highest BCUT2D eigenvalue weighted by Gasteiger charge is 2.24. The molecule has 1 amide bonds. The van der Waals surface area contributed by atoms with Gasteiger partial charge in [0.05, 0.1) is 24.6 Å². The van der Waals surface area contributed by atoms with E-state index in [0.29, 0.717) is 6.54 Å². The van der Waals surface area contributed by atoms with Crippen LogP contribution in [-0.4, -0.2) is 45.2 Å². The summed E-state index contributed by atoms with van der Waals surface area (Å²) in [5.74, 6) is 2.76. The second kappa shape index (κ2) is 7.02. The molecule has 3 heterocycles. The summed E-state index contributed by atoms with van der Waals surface area (Å²) in [5.41, 5.74) is 1.56. The molecule has 0 atom stereocenters. The summed E-state index contributed by atoms with van der Waals surface area (Å²) >= 11 is 0. The molecule has 6 heteroatoms. The molecule has 2 aromatic heterocycles. The molecular formula is C18H23N5O. The van der Waals surface area contributed by atoms with E-state index < -0.39 is 0 Å². The van der Waals surface area contributed by atoms with Crippen LogP contribution in [0, 0.1) is 18.3 Å². The van der Waals surface area contributed by atoms with Crippen LogP contribution in [0.3, 0.4) is 0 Å². The predicted molar refractivity (Wildman–Crippen MR) is 94.5 cm³/mol. The fourth-order valence-corrected chi connectivity index (χ4v) is 3.11. The average molecular weight is 325 g/mol. The van der Waals surface area contributed by atoms with E-state index in [9.17, 15) is 4.79 Å². The van der Waals surface area contributed by atoms with E-state index in [1.165, 1.54) is 0 Å². The van der Waals surface area contributed by atoms with E-state index in [1.807, 2.05) is 10.7 Å². The second-order valence-electron chi connectivity index (χ2n) is 6.56. The lowest BCUT2D eigenvalue weighted by atomic mass is 9.96. The topological polar surface area (TPSA) is 63.1 Å². The Balaban J connectivity index is 1.65. The summed E-state index contributed by atoms with van der Waals surface area (Å²) in [7, 11) is 0. The fourth-order valence-electron chi connectivity index (χ4n) is 3.11. The van der Waals surface area contributed by atoms with Crippen LogP contribution in [0.2, 0.25) is 0 Å². The lowest BCUT2D eigenvalue weighted by Gasteiger charge is -2.29. The van der Waals surface area contributed by atoms with Gasteiger partial charge in [0.1, 0.15) is 0 Å². The Hall–Kier alpha value is -2.39. The van der Waals surface area contributed by atoms with Crippen molar-refractivity contribution in [1.29, 1.82) is 0 Å². The fraction of sp³-hybridized carbons (Fsp3) is 0.500. The minimum absolute atomic E-state index is 0.0353. The summed E-state index contributed by atoms with van der Waals surface area (Å²) in [4.78, 5) is 19.1. The monoisotopic (exact) mass is 325 g/mol. The molecule has 1 N–H and O–H groups in total. The van der Waals surface area contributed by atoms with Gasteiger partial charge in [-0.1, -0.05) is 5.92 Å². The van der Waals surface area contributed by atoms with E-state index in [2.05, 4.69) is 40.1 Å². The van der Waals surface area contributed by atoms with Gasteiger partial charge in [-0.15, -0.1) is 6.42 Å². The number of nitrogens with one attached hydrogen (secondary N) is 1. The van der Waals surface area contributed by atoms with Gasteiger partial charge < -0.3 is 5.32 Å². The van der Waals surface area contributed by atoms with E-state index in [-0.39, 0.29) is 17.9 Å². The number of carbonyl (C=O) groups is 1. The van der Waals surface area contributed by atoms with Gasteiger partial charge in [-0.3, -0.25) is 9.69 Å². The number of terminal acetylenes is 1. The van der Waals surface area contributed by atoms with Gasteiger partial charge in [0.2, 0.25) is 5.91 Å². The van der Waals surface area contributed by atoms with E-state index in [1.54, 1.807) is 12.4 Å². The number of nitrogens with zero attached hydrogens (tertiary/aromatic N) is 4. The standard InChI is InChI=1S/C18H23N5O/c1-4-7-22-8-5-14(6-9-22)18(24)21-16-10-15-11-20-23(13(2)3)17(15)19-12-16/h1,10-14H,5-9H2,2-3H3,(H,21,24). The Morgan fingerprint density at radius 3 is 2.83 bits per heavy atom. The molecule has 1 aliphatic rings. The number of aromatic nitrogens is 3. The molecule has 0 aliphatic carbocycles. The normalized spacial score (nSPS) is 16.4. The predicted octanol–water partition coefficient (Wildman–Crippen LogP) is 2.30. The van der Waals surface area contributed by atoms with Crippen molar-refractivity contribution in [3.63, 3.8) is 0 Å². The zero-order chi connectivity index (χ0) is 17.1. The van der Waals surface area contributed by atoms with Crippen molar-refractivity contribution in [2.24, 2.45) is 5.92 Å². The first kappa shape index (κ1) is 16.5. The number of rotatable bonds is 4. The summed E-state index contributed by atoms with van der Waals surface area (Å²) in [6, 6.07) is 2.18. The second-order valence-corrected chi connectivity index (χ2v) is 6.56. The molecule has 126 valence electrons. The van der Waals surface area contributed by atoms with Crippen LogP contribution < -0.4 is 5.32 Å². The molecule has 24 heavy (non-hydrogen) atoms. The Kier molecular flexibility index (Phi) is 4.81. The summed E-state index contributed by atoms with van der Waals surface area (Å²) < 4.78 is 1.88. The summed E-state index contributed by atoms with van der Waals surface area (Å²) in [6.07, 6.45) is 10.5. The smallest absolute Gasteiger partial charge is 0.227 e. The number of fused-ring (bicyclic) bond motifs is 1. The first-order chi connectivity index (χ1) is 11.6. The zero-order valence-corrected chi connectivity index (χ0v) is 14.2. The van der Waals surface area contributed by atoms with Crippen LogP contribution >= 0.6 is 0 Å². The highest BCUT2D eigenvalue weighted by molar-refractivity contribution is 5.94. The van der Waals surface area contributed by atoms with Crippen LogP contribution in [0.15, 0.2) is 18.5 Å². The van der Waals surface area contributed by atoms with Crippen molar-refractivity contribution in [1.82, 2.24) is 19.7 Å². The highest BCUT2D eigenvalue weighted by atomic mass is 16.1. The SMILES string of the molecule is C#CCN1CCC(C(=O)Nc2cnc3c(cnn3C(C)C)c2)CC1. The molecule has 0 saturated carbocycles. The van der Waals surface area contributed by atoms with Gasteiger partial charge in [-0.2, -0.15) is 5.10 Å². The van der Waals surface area contributed by atoms with E-state index in [4.69, 9.17) is 6.42 Å². The Labute approximate surface area is 142 Å². The maximum absolute atomic E-state index is 12.5. The number of anilines is 1. The molecule has 0 radical (unpaired) electrons. The van der Waals surface area contributed by atoms with Gasteiger partial charge in [0.15, 0.2) is 5.65 Å². The molecule has 1 saturated heterocycles.